The Labute approximate surface area is 193 Å². The van der Waals surface area contributed by atoms with Crippen molar-refractivity contribution in [1.82, 2.24) is 9.97 Å². The van der Waals surface area contributed by atoms with E-state index >= 15 is 0 Å². The SMILES string of the molecule is CC(C)(C)S(C)(C)OCc1cccc(Nc2cc(-c3ccc(NCCN)nc3)ccn2)c1. The number of pyridine rings is 2. The standard InChI is InChI=1S/C25H35N5OS/c1-25(2,3)32(4,5)31-18-19-7-6-8-22(15-19)30-24-16-20(11-13-27-24)21-9-10-23(29-17-21)28-14-12-26/h6-11,13,15-17H,12,14,18,26H2,1-5H3,(H,27,30)(H,28,29). The van der Waals surface area contributed by atoms with Gasteiger partial charge in [-0.1, -0.05) is 32.9 Å². The van der Waals surface area contributed by atoms with E-state index in [4.69, 9.17) is 9.92 Å². The number of nitrogens with two attached hydrogens (primary N) is 1. The van der Waals surface area contributed by atoms with Crippen LogP contribution in [0.15, 0.2) is 60.9 Å². The molecule has 0 atom stereocenters. The topological polar surface area (TPSA) is 85.1 Å². The predicted octanol–water partition coefficient (Wildman–Crippen LogP) is 5.55. The summed E-state index contributed by atoms with van der Waals surface area (Å²) in [5.41, 5.74) is 9.74. The van der Waals surface area contributed by atoms with E-state index in [1.54, 1.807) is 6.20 Å². The van der Waals surface area contributed by atoms with Crippen LogP contribution in [0.2, 0.25) is 0 Å². The number of benzene rings is 1. The number of hydrogen-bond donors (Lipinski definition) is 3. The molecule has 3 rings (SSSR count). The van der Waals surface area contributed by atoms with Crippen LogP contribution in [0.5, 0.6) is 0 Å². The minimum Gasteiger partial charge on any atom is -0.369 e. The van der Waals surface area contributed by atoms with Crippen LogP contribution in [0.3, 0.4) is 0 Å². The van der Waals surface area contributed by atoms with E-state index in [9.17, 15) is 0 Å². The molecule has 172 valence electrons. The van der Waals surface area contributed by atoms with Crippen molar-refractivity contribution >= 4 is 27.6 Å². The number of aromatic nitrogens is 2. The summed E-state index contributed by atoms with van der Waals surface area (Å²) in [7, 11) is -1.16. The molecule has 2 heterocycles. The molecule has 1 aromatic carbocycles. The molecule has 0 aliphatic heterocycles. The number of nitrogens with one attached hydrogen (secondary N) is 2. The van der Waals surface area contributed by atoms with Gasteiger partial charge in [-0.2, -0.15) is 0 Å². The van der Waals surface area contributed by atoms with Gasteiger partial charge in [0.2, 0.25) is 0 Å². The van der Waals surface area contributed by atoms with Crippen LogP contribution < -0.4 is 16.4 Å². The Hall–Kier alpha value is -2.61. The van der Waals surface area contributed by atoms with Crippen LogP contribution in [0.4, 0.5) is 17.3 Å². The molecule has 6 nitrogen and oxygen atoms in total. The highest BCUT2D eigenvalue weighted by molar-refractivity contribution is 8.29. The summed E-state index contributed by atoms with van der Waals surface area (Å²) in [6.07, 6.45) is 8.11. The quantitative estimate of drug-likeness (QED) is 0.394. The molecule has 3 aromatic rings. The fourth-order valence-electron chi connectivity index (χ4n) is 2.83. The van der Waals surface area contributed by atoms with Crippen molar-refractivity contribution in [1.29, 1.82) is 0 Å². The summed E-state index contributed by atoms with van der Waals surface area (Å²) in [5.74, 6) is 1.61. The minimum absolute atomic E-state index is 0.140. The Morgan fingerprint density at radius 2 is 1.78 bits per heavy atom. The first kappa shape index (κ1) is 24.0. The lowest BCUT2D eigenvalue weighted by atomic mass is 10.1. The van der Waals surface area contributed by atoms with Crippen LogP contribution >= 0.6 is 10.3 Å². The molecule has 0 aliphatic carbocycles. The van der Waals surface area contributed by atoms with Crippen LogP contribution in [-0.2, 0) is 10.8 Å². The second-order valence-electron chi connectivity index (χ2n) is 9.01. The van der Waals surface area contributed by atoms with E-state index in [0.29, 0.717) is 19.7 Å². The average Bonchev–Trinajstić information content (AvgIpc) is 2.76. The molecule has 2 aromatic heterocycles. The second-order valence-corrected chi connectivity index (χ2v) is 12.9. The van der Waals surface area contributed by atoms with Gasteiger partial charge in [-0.05, 0) is 60.0 Å². The molecular formula is C25H35N5OS. The van der Waals surface area contributed by atoms with Crippen molar-refractivity contribution in [2.24, 2.45) is 5.73 Å². The summed E-state index contributed by atoms with van der Waals surface area (Å²) < 4.78 is 6.46. The Morgan fingerprint density at radius 1 is 0.969 bits per heavy atom. The smallest absolute Gasteiger partial charge is 0.130 e. The van der Waals surface area contributed by atoms with Crippen LogP contribution in [0, 0.1) is 0 Å². The van der Waals surface area contributed by atoms with Crippen molar-refractivity contribution in [3.63, 3.8) is 0 Å². The Morgan fingerprint density at radius 3 is 2.47 bits per heavy atom. The van der Waals surface area contributed by atoms with Crippen molar-refractivity contribution in [3.05, 3.63) is 66.5 Å². The molecule has 4 N–H and O–H groups in total. The maximum absolute atomic E-state index is 6.32. The molecule has 0 bridgehead atoms. The van der Waals surface area contributed by atoms with Gasteiger partial charge in [-0.15, -0.1) is 10.3 Å². The molecule has 0 spiro atoms. The molecule has 0 amide bonds. The van der Waals surface area contributed by atoms with Crippen LogP contribution in [-0.4, -0.2) is 40.3 Å². The van der Waals surface area contributed by atoms with Gasteiger partial charge in [0.15, 0.2) is 0 Å². The first-order valence-corrected chi connectivity index (χ1v) is 13.1. The maximum Gasteiger partial charge on any atom is 0.130 e. The van der Waals surface area contributed by atoms with Gasteiger partial charge >= 0.3 is 0 Å². The van der Waals surface area contributed by atoms with Gasteiger partial charge in [0, 0.05) is 41.5 Å². The molecule has 7 heteroatoms. The number of hydrogen-bond acceptors (Lipinski definition) is 6. The zero-order chi connectivity index (χ0) is 23.2. The molecular weight excluding hydrogens is 418 g/mol. The summed E-state index contributed by atoms with van der Waals surface area (Å²) in [4.78, 5) is 8.94. The molecule has 0 saturated heterocycles. The summed E-state index contributed by atoms with van der Waals surface area (Å²) >= 11 is 0. The Balaban J connectivity index is 1.68. The van der Waals surface area contributed by atoms with Crippen molar-refractivity contribution in [2.75, 3.05) is 36.2 Å². The highest BCUT2D eigenvalue weighted by atomic mass is 32.3. The van der Waals surface area contributed by atoms with Gasteiger partial charge < -0.3 is 20.6 Å². The zero-order valence-electron chi connectivity index (χ0n) is 19.7. The van der Waals surface area contributed by atoms with Crippen molar-refractivity contribution < 1.29 is 4.18 Å². The van der Waals surface area contributed by atoms with E-state index in [0.717, 1.165) is 34.0 Å². The van der Waals surface area contributed by atoms with E-state index in [-0.39, 0.29) is 4.75 Å². The normalized spacial score (nSPS) is 12.4. The van der Waals surface area contributed by atoms with Crippen LogP contribution in [0.25, 0.3) is 11.1 Å². The Kier molecular flexibility index (Phi) is 7.77. The van der Waals surface area contributed by atoms with Gasteiger partial charge in [-0.25, -0.2) is 9.97 Å². The Bertz CT molecular complexity index is 1020. The maximum atomic E-state index is 6.32. The molecule has 0 unspecified atom stereocenters. The summed E-state index contributed by atoms with van der Waals surface area (Å²) in [6.45, 7) is 8.58. The molecule has 0 fully saturated rings. The van der Waals surface area contributed by atoms with Gasteiger partial charge in [-0.3, -0.25) is 0 Å². The number of anilines is 3. The van der Waals surface area contributed by atoms with Gasteiger partial charge in [0.1, 0.15) is 11.6 Å². The lowest BCUT2D eigenvalue weighted by Gasteiger charge is -2.43. The third-order valence-corrected chi connectivity index (χ3v) is 9.16. The first-order valence-electron chi connectivity index (χ1n) is 10.8. The third-order valence-electron chi connectivity index (χ3n) is 5.50. The number of rotatable bonds is 9. The largest absolute Gasteiger partial charge is 0.369 e. The van der Waals surface area contributed by atoms with E-state index < -0.39 is 10.3 Å². The van der Waals surface area contributed by atoms with E-state index in [1.807, 2.05) is 42.6 Å². The fraction of sp³-hybridized carbons (Fsp3) is 0.360. The summed E-state index contributed by atoms with van der Waals surface area (Å²) in [5, 5.41) is 6.60. The highest BCUT2D eigenvalue weighted by Gasteiger charge is 2.28. The number of nitrogens with zero attached hydrogens (tertiary/aromatic N) is 2. The molecule has 0 radical (unpaired) electrons. The third kappa shape index (κ3) is 6.45. The minimum atomic E-state index is -1.16. The van der Waals surface area contributed by atoms with Gasteiger partial charge in [0.25, 0.3) is 0 Å². The van der Waals surface area contributed by atoms with Crippen LogP contribution in [0.1, 0.15) is 26.3 Å². The molecule has 32 heavy (non-hydrogen) atoms. The van der Waals surface area contributed by atoms with Gasteiger partial charge in [0.05, 0.1) is 6.61 Å². The van der Waals surface area contributed by atoms with Crippen molar-refractivity contribution in [2.45, 2.75) is 32.1 Å². The molecule has 0 aliphatic rings. The molecule has 0 saturated carbocycles. The van der Waals surface area contributed by atoms with E-state index in [1.165, 1.54) is 0 Å². The summed E-state index contributed by atoms with van der Waals surface area (Å²) in [6, 6.07) is 16.3. The van der Waals surface area contributed by atoms with Crippen molar-refractivity contribution in [3.8, 4) is 11.1 Å². The lowest BCUT2D eigenvalue weighted by Crippen LogP contribution is -2.24. The second kappa shape index (κ2) is 10.3. The first-order chi connectivity index (χ1) is 15.2. The predicted molar refractivity (Wildman–Crippen MR) is 139 cm³/mol. The lowest BCUT2D eigenvalue weighted by molar-refractivity contribution is 0.339. The zero-order valence-corrected chi connectivity index (χ0v) is 20.5. The monoisotopic (exact) mass is 453 g/mol. The average molecular weight is 454 g/mol. The van der Waals surface area contributed by atoms with E-state index in [2.05, 4.69) is 66.0 Å². The fourth-order valence-corrected chi connectivity index (χ4v) is 3.61. The highest BCUT2D eigenvalue weighted by Crippen LogP contribution is 2.54.